The number of hydrogen-bond acceptors (Lipinski definition) is 2. The minimum atomic E-state index is -1.32. The summed E-state index contributed by atoms with van der Waals surface area (Å²) in [6, 6.07) is 0. The van der Waals surface area contributed by atoms with Gasteiger partial charge in [-0.25, -0.2) is 9.18 Å². The molecule has 9 heavy (non-hydrogen) atoms. The molecule has 1 aliphatic heterocycles. The second kappa shape index (κ2) is 2.31. The molecule has 0 aromatic rings. The third-order valence-electron chi connectivity index (χ3n) is 1.26. The van der Waals surface area contributed by atoms with Crippen LogP contribution in [0.2, 0.25) is 0 Å². The Morgan fingerprint density at radius 1 is 1.78 bits per heavy atom. The van der Waals surface area contributed by atoms with E-state index in [1.807, 2.05) is 0 Å². The van der Waals surface area contributed by atoms with Crippen LogP contribution in [0.1, 0.15) is 6.42 Å². The van der Waals surface area contributed by atoms with Crippen molar-refractivity contribution in [3.05, 3.63) is 0 Å². The number of alkyl halides is 1. The second-order valence-corrected chi connectivity index (χ2v) is 1.93. The number of carbonyl (C=O) groups is 1. The number of carboxylic acids is 1. The van der Waals surface area contributed by atoms with Gasteiger partial charge < -0.3 is 9.84 Å². The zero-order chi connectivity index (χ0) is 6.85. The molecule has 52 valence electrons. The minimum Gasteiger partial charge on any atom is -0.479 e. The van der Waals surface area contributed by atoms with Crippen LogP contribution in [0.15, 0.2) is 0 Å². The molecular weight excluding hydrogens is 127 g/mol. The maximum atomic E-state index is 12.3. The molecule has 4 heteroatoms. The van der Waals surface area contributed by atoms with Gasteiger partial charge in [-0.15, -0.1) is 0 Å². The Balaban J connectivity index is 2.49. The van der Waals surface area contributed by atoms with Crippen LogP contribution in [0.25, 0.3) is 0 Å². The Kier molecular flexibility index (Phi) is 1.66. The van der Waals surface area contributed by atoms with Gasteiger partial charge in [0.25, 0.3) is 0 Å². The van der Waals surface area contributed by atoms with E-state index in [-0.39, 0.29) is 13.0 Å². The predicted molar refractivity (Wildman–Crippen MR) is 26.9 cm³/mol. The van der Waals surface area contributed by atoms with Gasteiger partial charge in [0.2, 0.25) is 0 Å². The van der Waals surface area contributed by atoms with E-state index in [1.54, 1.807) is 0 Å². The summed E-state index contributed by atoms with van der Waals surface area (Å²) >= 11 is 0. The zero-order valence-corrected chi connectivity index (χ0v) is 4.71. The van der Waals surface area contributed by atoms with Crippen LogP contribution in [0.4, 0.5) is 4.39 Å². The molecule has 0 radical (unpaired) electrons. The molecule has 1 N–H and O–H groups in total. The standard InChI is InChI=1S/C5H7FO3/c6-3-1-2-9-4(3)5(7)8/h3-4H,1-2H2,(H,7,8). The smallest absolute Gasteiger partial charge is 0.335 e. The lowest BCUT2D eigenvalue weighted by molar-refractivity contribution is -0.149. The van der Waals surface area contributed by atoms with Crippen LogP contribution in [-0.4, -0.2) is 30.0 Å². The van der Waals surface area contributed by atoms with E-state index >= 15 is 0 Å². The van der Waals surface area contributed by atoms with Gasteiger partial charge >= 0.3 is 5.97 Å². The first-order chi connectivity index (χ1) is 4.22. The molecular formula is C5H7FO3. The van der Waals surface area contributed by atoms with Crippen molar-refractivity contribution in [1.82, 2.24) is 0 Å². The molecule has 0 aromatic carbocycles. The van der Waals surface area contributed by atoms with Crippen molar-refractivity contribution >= 4 is 5.97 Å². The number of carboxylic acid groups (broad SMARTS) is 1. The van der Waals surface area contributed by atoms with Crippen molar-refractivity contribution in [2.24, 2.45) is 0 Å². The number of hydrogen-bond donors (Lipinski definition) is 1. The average Bonchev–Trinajstić information content (AvgIpc) is 2.13. The summed E-state index contributed by atoms with van der Waals surface area (Å²) in [5, 5.41) is 8.22. The highest BCUT2D eigenvalue weighted by Gasteiger charge is 2.33. The van der Waals surface area contributed by atoms with E-state index in [9.17, 15) is 9.18 Å². The molecule has 3 nitrogen and oxygen atoms in total. The highest BCUT2D eigenvalue weighted by atomic mass is 19.1. The van der Waals surface area contributed by atoms with Crippen molar-refractivity contribution in [1.29, 1.82) is 0 Å². The monoisotopic (exact) mass is 134 g/mol. The quantitative estimate of drug-likeness (QED) is 0.557. The van der Waals surface area contributed by atoms with Gasteiger partial charge in [-0.1, -0.05) is 0 Å². The van der Waals surface area contributed by atoms with E-state index in [0.717, 1.165) is 0 Å². The fourth-order valence-corrected chi connectivity index (χ4v) is 0.789. The maximum absolute atomic E-state index is 12.3. The zero-order valence-electron chi connectivity index (χ0n) is 4.71. The summed E-state index contributed by atoms with van der Waals surface area (Å²) in [6.07, 6.45) is -2.33. The van der Waals surface area contributed by atoms with Crippen LogP contribution < -0.4 is 0 Å². The van der Waals surface area contributed by atoms with E-state index in [4.69, 9.17) is 5.11 Å². The number of aliphatic carboxylic acids is 1. The third kappa shape index (κ3) is 1.18. The summed E-state index contributed by atoms with van der Waals surface area (Å²) in [7, 11) is 0. The Labute approximate surface area is 51.4 Å². The lowest BCUT2D eigenvalue weighted by Gasteiger charge is -2.03. The summed E-state index contributed by atoms with van der Waals surface area (Å²) in [5.74, 6) is -1.21. The summed E-state index contributed by atoms with van der Waals surface area (Å²) in [5.41, 5.74) is 0. The van der Waals surface area contributed by atoms with Gasteiger partial charge in [0.15, 0.2) is 6.10 Å². The van der Waals surface area contributed by atoms with E-state index < -0.39 is 18.2 Å². The first kappa shape index (κ1) is 6.48. The Hall–Kier alpha value is -0.640. The molecule has 1 fully saturated rings. The Morgan fingerprint density at radius 2 is 2.44 bits per heavy atom. The van der Waals surface area contributed by atoms with Gasteiger partial charge in [0, 0.05) is 6.42 Å². The van der Waals surface area contributed by atoms with Crippen molar-refractivity contribution in [3.63, 3.8) is 0 Å². The molecule has 1 rings (SSSR count). The molecule has 0 bridgehead atoms. The van der Waals surface area contributed by atoms with E-state index in [1.165, 1.54) is 0 Å². The number of ether oxygens (including phenoxy) is 1. The van der Waals surface area contributed by atoms with Crippen LogP contribution in [0.5, 0.6) is 0 Å². The third-order valence-corrected chi connectivity index (χ3v) is 1.26. The van der Waals surface area contributed by atoms with E-state index in [2.05, 4.69) is 4.74 Å². The maximum Gasteiger partial charge on any atom is 0.335 e. The molecule has 0 amide bonds. The lowest BCUT2D eigenvalue weighted by Crippen LogP contribution is -2.26. The Morgan fingerprint density at radius 3 is 2.67 bits per heavy atom. The molecule has 1 saturated heterocycles. The predicted octanol–water partition coefficient (Wildman–Crippen LogP) is 0.198. The van der Waals surface area contributed by atoms with Crippen molar-refractivity contribution in [2.75, 3.05) is 6.61 Å². The summed E-state index contributed by atoms with van der Waals surface area (Å²) < 4.78 is 16.9. The van der Waals surface area contributed by atoms with Crippen molar-refractivity contribution in [2.45, 2.75) is 18.7 Å². The fourth-order valence-electron chi connectivity index (χ4n) is 0.789. The van der Waals surface area contributed by atoms with Crippen molar-refractivity contribution < 1.29 is 19.0 Å². The number of rotatable bonds is 1. The van der Waals surface area contributed by atoms with Crippen LogP contribution >= 0.6 is 0 Å². The molecule has 1 heterocycles. The summed E-state index contributed by atoms with van der Waals surface area (Å²) in [4.78, 5) is 10.0. The molecule has 0 saturated carbocycles. The second-order valence-electron chi connectivity index (χ2n) is 1.93. The normalized spacial score (nSPS) is 34.8. The van der Waals surface area contributed by atoms with E-state index in [0.29, 0.717) is 0 Å². The SMILES string of the molecule is O=C(O)C1OCCC1F. The van der Waals surface area contributed by atoms with Gasteiger partial charge in [-0.3, -0.25) is 0 Å². The fraction of sp³-hybridized carbons (Fsp3) is 0.800. The largest absolute Gasteiger partial charge is 0.479 e. The average molecular weight is 134 g/mol. The van der Waals surface area contributed by atoms with Crippen LogP contribution in [0.3, 0.4) is 0 Å². The molecule has 0 aromatic heterocycles. The summed E-state index contributed by atoms with van der Waals surface area (Å²) in [6.45, 7) is 0.220. The topological polar surface area (TPSA) is 46.5 Å². The molecule has 2 unspecified atom stereocenters. The van der Waals surface area contributed by atoms with Gasteiger partial charge in [0.1, 0.15) is 6.17 Å². The highest BCUT2D eigenvalue weighted by Crippen LogP contribution is 2.16. The molecule has 1 aliphatic rings. The first-order valence-electron chi connectivity index (χ1n) is 2.70. The number of halogens is 1. The van der Waals surface area contributed by atoms with Crippen LogP contribution in [-0.2, 0) is 9.53 Å². The first-order valence-corrected chi connectivity index (χ1v) is 2.70. The molecule has 2 atom stereocenters. The Bertz CT molecular complexity index is 125. The van der Waals surface area contributed by atoms with Gasteiger partial charge in [-0.2, -0.15) is 0 Å². The van der Waals surface area contributed by atoms with Crippen LogP contribution in [0, 0.1) is 0 Å². The van der Waals surface area contributed by atoms with Gasteiger partial charge in [0.05, 0.1) is 6.61 Å². The lowest BCUT2D eigenvalue weighted by atomic mass is 10.2. The highest BCUT2D eigenvalue weighted by molar-refractivity contribution is 5.73. The minimum absolute atomic E-state index is 0.205. The van der Waals surface area contributed by atoms with Crippen molar-refractivity contribution in [3.8, 4) is 0 Å². The molecule has 0 aliphatic carbocycles. The van der Waals surface area contributed by atoms with Gasteiger partial charge in [-0.05, 0) is 0 Å². The molecule has 0 spiro atoms.